The second kappa shape index (κ2) is 5.71. The molecule has 0 aliphatic heterocycles. The number of rotatable bonds is 4. The van der Waals surface area contributed by atoms with Crippen LogP contribution in [0.2, 0.25) is 0 Å². The molecule has 3 heteroatoms. The van der Waals surface area contributed by atoms with Crippen molar-refractivity contribution in [3.63, 3.8) is 0 Å². The third kappa shape index (κ3) is 2.99. The van der Waals surface area contributed by atoms with Gasteiger partial charge >= 0.3 is 5.97 Å². The molecule has 1 aromatic carbocycles. The van der Waals surface area contributed by atoms with Crippen molar-refractivity contribution in [1.82, 2.24) is 0 Å². The number of nitrogen functional groups attached to an aromatic ring is 1. The molecule has 0 unspecified atom stereocenters. The molecule has 1 rings (SSSR count). The molecule has 0 bridgehead atoms. The molecule has 1 aromatic rings. The summed E-state index contributed by atoms with van der Waals surface area (Å²) in [6.45, 7) is 7.78. The van der Waals surface area contributed by atoms with E-state index in [9.17, 15) is 4.79 Å². The van der Waals surface area contributed by atoms with Gasteiger partial charge in [0.1, 0.15) is 0 Å². The smallest absolute Gasteiger partial charge is 0.340 e. The normalized spacial score (nSPS) is 10.6. The first-order chi connectivity index (χ1) is 8.01. The van der Waals surface area contributed by atoms with E-state index in [1.807, 2.05) is 26.8 Å². The minimum absolute atomic E-state index is 0.127. The third-order valence-electron chi connectivity index (χ3n) is 2.75. The quantitative estimate of drug-likeness (QED) is 0.644. The van der Waals surface area contributed by atoms with Crippen LogP contribution >= 0.6 is 0 Å². The van der Waals surface area contributed by atoms with Crippen LogP contribution in [0.25, 0.3) is 0 Å². The zero-order valence-corrected chi connectivity index (χ0v) is 11.0. The first kappa shape index (κ1) is 13.6. The van der Waals surface area contributed by atoms with Gasteiger partial charge in [-0.2, -0.15) is 0 Å². The Kier molecular flexibility index (Phi) is 4.55. The second-order valence-corrected chi connectivity index (χ2v) is 4.33. The van der Waals surface area contributed by atoms with Crippen molar-refractivity contribution < 1.29 is 9.53 Å². The molecule has 0 aliphatic carbocycles. The monoisotopic (exact) mass is 235 g/mol. The fourth-order valence-electron chi connectivity index (χ4n) is 1.91. The van der Waals surface area contributed by atoms with Crippen LogP contribution in [0.15, 0.2) is 12.1 Å². The number of hydrogen-bond donors (Lipinski definition) is 1. The molecule has 3 nitrogen and oxygen atoms in total. The highest BCUT2D eigenvalue weighted by Crippen LogP contribution is 2.24. The maximum absolute atomic E-state index is 11.8. The molecule has 0 spiro atoms. The first-order valence-electron chi connectivity index (χ1n) is 6.12. The molecule has 0 saturated heterocycles. The highest BCUT2D eigenvalue weighted by Gasteiger charge is 2.16. The Hall–Kier alpha value is -1.51. The van der Waals surface area contributed by atoms with E-state index in [1.54, 1.807) is 6.07 Å². The lowest BCUT2D eigenvalue weighted by atomic mass is 9.97. The summed E-state index contributed by atoms with van der Waals surface area (Å²) in [5, 5.41) is 0. The Balaban J connectivity index is 3.14. The molecule has 0 atom stereocenters. The van der Waals surface area contributed by atoms with Crippen LogP contribution < -0.4 is 5.73 Å². The summed E-state index contributed by atoms with van der Waals surface area (Å²) < 4.78 is 5.17. The van der Waals surface area contributed by atoms with Gasteiger partial charge in [0, 0.05) is 5.69 Å². The van der Waals surface area contributed by atoms with Crippen LogP contribution in [0, 0.1) is 0 Å². The van der Waals surface area contributed by atoms with Crippen molar-refractivity contribution in [1.29, 1.82) is 0 Å². The van der Waals surface area contributed by atoms with Crippen molar-refractivity contribution in [3.8, 4) is 0 Å². The van der Waals surface area contributed by atoms with Gasteiger partial charge in [0.15, 0.2) is 0 Å². The van der Waals surface area contributed by atoms with Crippen molar-refractivity contribution in [2.75, 3.05) is 5.73 Å². The van der Waals surface area contributed by atoms with E-state index in [1.165, 1.54) is 5.56 Å². The molecular weight excluding hydrogens is 214 g/mol. The zero-order chi connectivity index (χ0) is 13.0. The van der Waals surface area contributed by atoms with E-state index in [0.29, 0.717) is 11.3 Å². The van der Waals surface area contributed by atoms with Gasteiger partial charge in [-0.1, -0.05) is 19.9 Å². The molecule has 0 saturated carbocycles. The highest BCUT2D eigenvalue weighted by molar-refractivity contribution is 5.96. The number of carbonyl (C=O) groups is 1. The average Bonchev–Trinajstić information content (AvgIpc) is 2.27. The van der Waals surface area contributed by atoms with Crippen LogP contribution in [-0.2, 0) is 17.6 Å². The number of ether oxygens (including phenoxy) is 1. The topological polar surface area (TPSA) is 52.3 Å². The predicted octanol–water partition coefficient (Wildman–Crippen LogP) is 2.96. The van der Waals surface area contributed by atoms with Crippen LogP contribution in [0.5, 0.6) is 0 Å². The Morgan fingerprint density at radius 1 is 1.29 bits per heavy atom. The molecule has 0 amide bonds. The molecule has 17 heavy (non-hydrogen) atoms. The van der Waals surface area contributed by atoms with Crippen molar-refractivity contribution in [2.24, 2.45) is 0 Å². The maximum atomic E-state index is 11.8. The van der Waals surface area contributed by atoms with E-state index in [4.69, 9.17) is 10.5 Å². The standard InChI is InChI=1S/C14H21NO2/c1-5-10-7-8-12(13(15)11(10)6-2)14(16)17-9(3)4/h7-9H,5-6,15H2,1-4H3. The number of aryl methyl sites for hydroxylation is 1. The summed E-state index contributed by atoms with van der Waals surface area (Å²) >= 11 is 0. The first-order valence-corrected chi connectivity index (χ1v) is 6.12. The lowest BCUT2D eigenvalue weighted by molar-refractivity contribution is 0.0379. The molecule has 0 aromatic heterocycles. The Labute approximate surface area is 103 Å². The maximum Gasteiger partial charge on any atom is 0.340 e. The van der Waals surface area contributed by atoms with Gasteiger partial charge in [-0.25, -0.2) is 4.79 Å². The van der Waals surface area contributed by atoms with Gasteiger partial charge in [-0.15, -0.1) is 0 Å². The zero-order valence-electron chi connectivity index (χ0n) is 11.0. The number of benzene rings is 1. The average molecular weight is 235 g/mol. The van der Waals surface area contributed by atoms with Gasteiger partial charge in [0.25, 0.3) is 0 Å². The highest BCUT2D eigenvalue weighted by atomic mass is 16.5. The van der Waals surface area contributed by atoms with Gasteiger partial charge in [0.2, 0.25) is 0 Å². The summed E-state index contributed by atoms with van der Waals surface area (Å²) in [4.78, 5) is 11.8. The molecule has 94 valence electrons. The van der Waals surface area contributed by atoms with E-state index < -0.39 is 0 Å². The van der Waals surface area contributed by atoms with Crippen molar-refractivity contribution >= 4 is 11.7 Å². The van der Waals surface area contributed by atoms with Gasteiger partial charge in [-0.3, -0.25) is 0 Å². The number of carbonyl (C=O) groups excluding carboxylic acids is 1. The Bertz CT molecular complexity index is 411. The summed E-state index contributed by atoms with van der Waals surface area (Å²) in [6.07, 6.45) is 1.63. The van der Waals surface area contributed by atoms with Crippen molar-refractivity contribution in [2.45, 2.75) is 46.6 Å². The number of anilines is 1. The van der Waals surface area contributed by atoms with E-state index in [2.05, 4.69) is 6.92 Å². The summed E-state index contributed by atoms with van der Waals surface area (Å²) in [5.41, 5.74) is 9.35. The second-order valence-electron chi connectivity index (χ2n) is 4.33. The number of nitrogens with two attached hydrogens (primary N) is 1. The minimum atomic E-state index is -0.338. The fraction of sp³-hybridized carbons (Fsp3) is 0.500. The number of hydrogen-bond acceptors (Lipinski definition) is 3. The van der Waals surface area contributed by atoms with Crippen LogP contribution in [0.3, 0.4) is 0 Å². The van der Waals surface area contributed by atoms with E-state index >= 15 is 0 Å². The lowest BCUT2D eigenvalue weighted by Crippen LogP contribution is -2.15. The predicted molar refractivity (Wildman–Crippen MR) is 70.2 cm³/mol. The van der Waals surface area contributed by atoms with Crippen LogP contribution in [-0.4, -0.2) is 12.1 Å². The molecule has 0 radical (unpaired) electrons. The summed E-state index contributed by atoms with van der Waals surface area (Å²) in [7, 11) is 0. The van der Waals surface area contributed by atoms with Gasteiger partial charge in [-0.05, 0) is 43.9 Å². The summed E-state index contributed by atoms with van der Waals surface area (Å²) in [5.74, 6) is -0.338. The SMILES string of the molecule is CCc1ccc(C(=O)OC(C)C)c(N)c1CC. The number of esters is 1. The molecule has 0 aliphatic rings. The summed E-state index contributed by atoms with van der Waals surface area (Å²) in [6, 6.07) is 3.73. The van der Waals surface area contributed by atoms with Gasteiger partial charge < -0.3 is 10.5 Å². The Morgan fingerprint density at radius 3 is 2.41 bits per heavy atom. The van der Waals surface area contributed by atoms with Crippen LogP contribution in [0.1, 0.15) is 49.2 Å². The van der Waals surface area contributed by atoms with E-state index in [0.717, 1.165) is 18.4 Å². The largest absolute Gasteiger partial charge is 0.459 e. The molecular formula is C14H21NO2. The minimum Gasteiger partial charge on any atom is -0.459 e. The Morgan fingerprint density at radius 2 is 1.94 bits per heavy atom. The van der Waals surface area contributed by atoms with Crippen LogP contribution in [0.4, 0.5) is 5.69 Å². The van der Waals surface area contributed by atoms with E-state index in [-0.39, 0.29) is 12.1 Å². The molecule has 2 N–H and O–H groups in total. The fourth-order valence-corrected chi connectivity index (χ4v) is 1.91. The lowest BCUT2D eigenvalue weighted by Gasteiger charge is -2.14. The van der Waals surface area contributed by atoms with Gasteiger partial charge in [0.05, 0.1) is 11.7 Å². The molecule has 0 fully saturated rings. The van der Waals surface area contributed by atoms with Crippen molar-refractivity contribution in [3.05, 3.63) is 28.8 Å². The molecule has 0 heterocycles. The third-order valence-corrected chi connectivity index (χ3v) is 2.75.